The second kappa shape index (κ2) is 4.57. The molecule has 2 aromatic rings. The highest BCUT2D eigenvalue weighted by atomic mass is 16.3. The van der Waals surface area contributed by atoms with Crippen LogP contribution >= 0.6 is 0 Å². The largest absolute Gasteiger partial charge is 0.393 e. The predicted octanol–water partition coefficient (Wildman–Crippen LogP) is 1.05. The maximum atomic E-state index is 12.0. The molecule has 0 saturated heterocycles. The maximum absolute atomic E-state index is 12.0. The van der Waals surface area contributed by atoms with Crippen molar-refractivity contribution in [3.05, 3.63) is 34.9 Å². The van der Waals surface area contributed by atoms with Crippen LogP contribution in [0.3, 0.4) is 0 Å². The molecule has 0 aliphatic heterocycles. The van der Waals surface area contributed by atoms with E-state index in [1.54, 1.807) is 10.6 Å². The maximum Gasteiger partial charge on any atom is 0.350 e. The van der Waals surface area contributed by atoms with Crippen molar-refractivity contribution < 1.29 is 5.11 Å². The third-order valence-corrected chi connectivity index (χ3v) is 3.82. The second-order valence-electron chi connectivity index (χ2n) is 4.98. The van der Waals surface area contributed by atoms with Crippen molar-refractivity contribution in [3.8, 4) is 0 Å². The van der Waals surface area contributed by atoms with Crippen molar-refractivity contribution in [2.75, 3.05) is 0 Å². The molecular weight excluding hydrogens is 230 g/mol. The van der Waals surface area contributed by atoms with E-state index in [2.05, 4.69) is 5.10 Å². The number of nitrogens with zero attached hydrogens (tertiary/aromatic N) is 3. The Balaban J connectivity index is 1.78. The SMILES string of the molecule is O=c1n(CCC2CCCC2O)nc2ccccn12. The molecule has 5 heteroatoms. The van der Waals surface area contributed by atoms with Crippen LogP contribution in [0.4, 0.5) is 0 Å². The Labute approximate surface area is 105 Å². The summed E-state index contributed by atoms with van der Waals surface area (Å²) in [5, 5.41) is 14.0. The Kier molecular flexibility index (Phi) is 2.91. The van der Waals surface area contributed by atoms with Gasteiger partial charge in [-0.15, -0.1) is 5.10 Å². The number of hydrogen-bond donors (Lipinski definition) is 1. The lowest BCUT2D eigenvalue weighted by Crippen LogP contribution is -2.24. The summed E-state index contributed by atoms with van der Waals surface area (Å²) in [5.74, 6) is 0.321. The van der Waals surface area contributed by atoms with Crippen LogP contribution in [-0.2, 0) is 6.54 Å². The van der Waals surface area contributed by atoms with E-state index in [1.165, 1.54) is 4.68 Å². The molecule has 3 rings (SSSR count). The van der Waals surface area contributed by atoms with Gasteiger partial charge in [-0.05, 0) is 37.3 Å². The highest BCUT2D eigenvalue weighted by Crippen LogP contribution is 2.28. The fourth-order valence-corrected chi connectivity index (χ4v) is 2.76. The summed E-state index contributed by atoms with van der Waals surface area (Å²) in [6.07, 6.45) is 5.40. The van der Waals surface area contributed by atoms with Crippen molar-refractivity contribution >= 4 is 5.65 Å². The Bertz CT molecular complexity index is 602. The Morgan fingerprint density at radius 2 is 2.28 bits per heavy atom. The average molecular weight is 247 g/mol. The van der Waals surface area contributed by atoms with Gasteiger partial charge in [0.05, 0.1) is 6.10 Å². The zero-order valence-corrected chi connectivity index (χ0v) is 10.2. The quantitative estimate of drug-likeness (QED) is 0.881. The normalized spacial score (nSPS) is 23.8. The lowest BCUT2D eigenvalue weighted by Gasteiger charge is -2.13. The van der Waals surface area contributed by atoms with Crippen molar-refractivity contribution in [2.45, 2.75) is 38.3 Å². The third-order valence-electron chi connectivity index (χ3n) is 3.82. The van der Waals surface area contributed by atoms with Gasteiger partial charge in [-0.2, -0.15) is 0 Å². The number of aryl methyl sites for hydroxylation is 1. The second-order valence-corrected chi connectivity index (χ2v) is 4.98. The van der Waals surface area contributed by atoms with Crippen molar-refractivity contribution in [1.82, 2.24) is 14.2 Å². The molecular formula is C13H17N3O2. The molecule has 0 aromatic carbocycles. The standard InChI is InChI=1S/C13H17N3O2/c17-11-5-3-4-10(11)7-9-16-13(18)15-8-2-1-6-12(15)14-16/h1-2,6,8,10-11,17H,3-5,7,9H2. The number of aliphatic hydroxyl groups excluding tert-OH is 1. The lowest BCUT2D eigenvalue weighted by atomic mass is 10.0. The fourth-order valence-electron chi connectivity index (χ4n) is 2.76. The summed E-state index contributed by atoms with van der Waals surface area (Å²) in [5.41, 5.74) is 0.576. The van der Waals surface area contributed by atoms with Crippen molar-refractivity contribution in [1.29, 1.82) is 0 Å². The zero-order valence-electron chi connectivity index (χ0n) is 10.2. The van der Waals surface area contributed by atoms with Crippen molar-refractivity contribution in [3.63, 3.8) is 0 Å². The summed E-state index contributed by atoms with van der Waals surface area (Å²) >= 11 is 0. The van der Waals surface area contributed by atoms with Gasteiger partial charge in [0.1, 0.15) is 0 Å². The van der Waals surface area contributed by atoms with Gasteiger partial charge in [0.15, 0.2) is 5.65 Å². The van der Waals surface area contributed by atoms with Crippen molar-refractivity contribution in [2.24, 2.45) is 5.92 Å². The summed E-state index contributed by atoms with van der Waals surface area (Å²) in [6.45, 7) is 0.586. The molecule has 2 unspecified atom stereocenters. The van der Waals surface area contributed by atoms with Crippen LogP contribution in [0.15, 0.2) is 29.2 Å². The fraction of sp³-hybridized carbons (Fsp3) is 0.538. The number of aromatic nitrogens is 3. The van der Waals surface area contributed by atoms with E-state index in [0.29, 0.717) is 18.1 Å². The number of aliphatic hydroxyl groups is 1. The molecule has 1 aliphatic carbocycles. The first kappa shape index (κ1) is 11.5. The number of hydrogen-bond acceptors (Lipinski definition) is 3. The van der Waals surface area contributed by atoms with Crippen LogP contribution in [0.1, 0.15) is 25.7 Å². The number of rotatable bonds is 3. The molecule has 5 nitrogen and oxygen atoms in total. The molecule has 1 aliphatic rings. The van der Waals surface area contributed by atoms with E-state index in [1.807, 2.05) is 18.2 Å². The number of fused-ring (bicyclic) bond motifs is 1. The molecule has 2 aromatic heterocycles. The molecule has 0 spiro atoms. The van der Waals surface area contributed by atoms with Gasteiger partial charge in [0.25, 0.3) is 0 Å². The first-order valence-electron chi connectivity index (χ1n) is 6.48. The van der Waals surface area contributed by atoms with Crippen LogP contribution in [0.25, 0.3) is 5.65 Å². The van der Waals surface area contributed by atoms with Crippen LogP contribution in [0.5, 0.6) is 0 Å². The van der Waals surface area contributed by atoms with Gasteiger partial charge in [-0.3, -0.25) is 4.40 Å². The minimum atomic E-state index is -0.197. The first-order chi connectivity index (χ1) is 8.75. The third kappa shape index (κ3) is 1.95. The molecule has 0 radical (unpaired) electrons. The van der Waals surface area contributed by atoms with Crippen LogP contribution in [0.2, 0.25) is 0 Å². The van der Waals surface area contributed by atoms with Crippen LogP contribution in [0, 0.1) is 5.92 Å². The van der Waals surface area contributed by atoms with Gasteiger partial charge >= 0.3 is 5.69 Å². The number of pyridine rings is 1. The highest BCUT2D eigenvalue weighted by Gasteiger charge is 2.25. The van der Waals surface area contributed by atoms with E-state index in [0.717, 1.165) is 25.7 Å². The van der Waals surface area contributed by atoms with E-state index >= 15 is 0 Å². The van der Waals surface area contributed by atoms with Gasteiger partial charge in [-0.1, -0.05) is 12.5 Å². The summed E-state index contributed by atoms with van der Waals surface area (Å²) in [4.78, 5) is 12.0. The van der Waals surface area contributed by atoms with Gasteiger partial charge in [-0.25, -0.2) is 9.48 Å². The Morgan fingerprint density at radius 3 is 3.00 bits per heavy atom. The van der Waals surface area contributed by atoms with E-state index in [4.69, 9.17) is 0 Å². The minimum Gasteiger partial charge on any atom is -0.393 e. The Hall–Kier alpha value is -1.62. The molecule has 1 saturated carbocycles. The molecule has 1 N–H and O–H groups in total. The lowest BCUT2D eigenvalue weighted by molar-refractivity contribution is 0.124. The summed E-state index contributed by atoms with van der Waals surface area (Å²) in [7, 11) is 0. The summed E-state index contributed by atoms with van der Waals surface area (Å²) < 4.78 is 3.05. The smallest absolute Gasteiger partial charge is 0.350 e. The van der Waals surface area contributed by atoms with Gasteiger partial charge in [0.2, 0.25) is 0 Å². The molecule has 0 amide bonds. The molecule has 96 valence electrons. The van der Waals surface area contributed by atoms with Crippen LogP contribution in [-0.4, -0.2) is 25.4 Å². The summed E-state index contributed by atoms with van der Waals surface area (Å²) in [6, 6.07) is 5.51. The van der Waals surface area contributed by atoms with E-state index in [-0.39, 0.29) is 11.8 Å². The van der Waals surface area contributed by atoms with Gasteiger partial charge < -0.3 is 5.11 Å². The first-order valence-corrected chi connectivity index (χ1v) is 6.48. The van der Waals surface area contributed by atoms with E-state index in [9.17, 15) is 9.90 Å². The zero-order chi connectivity index (χ0) is 12.5. The van der Waals surface area contributed by atoms with E-state index < -0.39 is 0 Å². The molecule has 18 heavy (non-hydrogen) atoms. The monoisotopic (exact) mass is 247 g/mol. The van der Waals surface area contributed by atoms with Gasteiger partial charge in [0, 0.05) is 12.7 Å². The predicted molar refractivity (Wildman–Crippen MR) is 67.4 cm³/mol. The average Bonchev–Trinajstić information content (AvgIpc) is 2.92. The molecule has 1 fully saturated rings. The highest BCUT2D eigenvalue weighted by molar-refractivity contribution is 5.35. The molecule has 0 bridgehead atoms. The topological polar surface area (TPSA) is 59.5 Å². The van der Waals surface area contributed by atoms with Crippen LogP contribution < -0.4 is 5.69 Å². The Morgan fingerprint density at radius 1 is 1.39 bits per heavy atom. The molecule has 2 atom stereocenters. The minimum absolute atomic E-state index is 0.0990. The molecule has 2 heterocycles.